The molecule has 1 heterocycles. The number of nitrogens with zero attached hydrogens (tertiary/aromatic N) is 1. The summed E-state index contributed by atoms with van der Waals surface area (Å²) in [7, 11) is -0.847. The molecular weight excluding hydrogens is 286 g/mol. The molecule has 0 aliphatic rings. The van der Waals surface area contributed by atoms with Crippen LogP contribution in [0.4, 0.5) is 0 Å². The molecular formula is C12H19NO6S. The zero-order chi connectivity index (χ0) is 15.5. The highest BCUT2D eigenvalue weighted by atomic mass is 32.2. The molecule has 0 amide bonds. The summed E-state index contributed by atoms with van der Waals surface area (Å²) < 4.78 is 38.2. The van der Waals surface area contributed by atoms with Gasteiger partial charge >= 0.3 is 10.1 Å². The first kappa shape index (κ1) is 16.7. The van der Waals surface area contributed by atoms with Gasteiger partial charge in [-0.05, 0) is 19.4 Å². The monoisotopic (exact) mass is 305 g/mol. The standard InChI is InChI=1S/C12H19NO6S/c1-8-10(6-17-3)9(2)13(19-20(5,15)16)12(14)11(8)7-18-4/h6-7H2,1-5H3. The molecule has 1 aromatic rings. The Kier molecular flexibility index (Phi) is 5.32. The van der Waals surface area contributed by atoms with Crippen LogP contribution in [0, 0.1) is 13.8 Å². The minimum atomic E-state index is -3.82. The first-order valence-electron chi connectivity index (χ1n) is 5.84. The molecule has 0 N–H and O–H groups in total. The summed E-state index contributed by atoms with van der Waals surface area (Å²) in [5.74, 6) is 0. The maximum absolute atomic E-state index is 12.3. The smallest absolute Gasteiger partial charge is 0.324 e. The minimum Gasteiger partial charge on any atom is -0.380 e. The van der Waals surface area contributed by atoms with E-state index in [4.69, 9.17) is 13.8 Å². The van der Waals surface area contributed by atoms with Gasteiger partial charge in [-0.25, -0.2) is 0 Å². The van der Waals surface area contributed by atoms with Crippen LogP contribution < -0.4 is 9.84 Å². The van der Waals surface area contributed by atoms with Crippen molar-refractivity contribution >= 4 is 10.1 Å². The van der Waals surface area contributed by atoms with Crippen molar-refractivity contribution in [1.82, 2.24) is 4.73 Å². The maximum atomic E-state index is 12.3. The van der Waals surface area contributed by atoms with Crippen molar-refractivity contribution in [3.63, 3.8) is 0 Å². The van der Waals surface area contributed by atoms with Crippen LogP contribution in [0.1, 0.15) is 22.4 Å². The van der Waals surface area contributed by atoms with Crippen molar-refractivity contribution in [1.29, 1.82) is 0 Å². The molecule has 0 aliphatic carbocycles. The Labute approximate surface area is 118 Å². The van der Waals surface area contributed by atoms with Crippen LogP contribution in [0.15, 0.2) is 4.79 Å². The van der Waals surface area contributed by atoms with Crippen molar-refractivity contribution < 1.29 is 22.2 Å². The number of aromatic nitrogens is 1. The van der Waals surface area contributed by atoms with Gasteiger partial charge in [-0.2, -0.15) is 8.42 Å². The largest absolute Gasteiger partial charge is 0.380 e. The van der Waals surface area contributed by atoms with Gasteiger partial charge in [0.15, 0.2) is 0 Å². The third-order valence-electron chi connectivity index (χ3n) is 2.88. The van der Waals surface area contributed by atoms with Gasteiger partial charge in [0, 0.05) is 25.3 Å². The quantitative estimate of drug-likeness (QED) is 0.743. The summed E-state index contributed by atoms with van der Waals surface area (Å²) in [5.41, 5.74) is 1.59. The number of ether oxygens (including phenoxy) is 2. The summed E-state index contributed by atoms with van der Waals surface area (Å²) in [6.07, 6.45) is 0.880. The van der Waals surface area contributed by atoms with E-state index in [0.29, 0.717) is 22.4 Å². The lowest BCUT2D eigenvalue weighted by Crippen LogP contribution is -2.36. The maximum Gasteiger partial charge on any atom is 0.324 e. The molecule has 0 unspecified atom stereocenters. The summed E-state index contributed by atoms with van der Waals surface area (Å²) in [4.78, 5) is 12.3. The topological polar surface area (TPSA) is 83.8 Å². The fourth-order valence-electron chi connectivity index (χ4n) is 1.91. The van der Waals surface area contributed by atoms with Gasteiger partial charge in [-0.3, -0.25) is 9.08 Å². The van der Waals surface area contributed by atoms with E-state index in [0.717, 1.165) is 11.0 Å². The number of pyridine rings is 1. The number of methoxy groups -OCH3 is 2. The normalized spacial score (nSPS) is 11.7. The molecule has 0 saturated heterocycles. The van der Waals surface area contributed by atoms with E-state index >= 15 is 0 Å². The molecule has 8 heteroatoms. The Hall–Kier alpha value is -1.38. The van der Waals surface area contributed by atoms with E-state index in [9.17, 15) is 13.2 Å². The van der Waals surface area contributed by atoms with Crippen LogP contribution in [-0.4, -0.2) is 33.6 Å². The minimum absolute atomic E-state index is 0.0643. The molecule has 0 fully saturated rings. The highest BCUT2D eigenvalue weighted by Crippen LogP contribution is 2.16. The summed E-state index contributed by atoms with van der Waals surface area (Å²) in [6.45, 7) is 3.67. The third-order valence-corrected chi connectivity index (χ3v) is 3.30. The van der Waals surface area contributed by atoms with Crippen LogP contribution in [0.25, 0.3) is 0 Å². The fraction of sp³-hybridized carbons (Fsp3) is 0.583. The number of rotatable bonds is 6. The lowest BCUT2D eigenvalue weighted by molar-refractivity contribution is 0.169. The highest BCUT2D eigenvalue weighted by molar-refractivity contribution is 7.86. The Balaban J connectivity index is 3.61. The molecule has 0 bridgehead atoms. The van der Waals surface area contributed by atoms with Gasteiger partial charge < -0.3 is 9.47 Å². The van der Waals surface area contributed by atoms with E-state index in [-0.39, 0.29) is 13.2 Å². The molecule has 1 rings (SSSR count). The van der Waals surface area contributed by atoms with E-state index in [1.807, 2.05) is 0 Å². The Morgan fingerprint density at radius 1 is 1.05 bits per heavy atom. The van der Waals surface area contributed by atoms with Gasteiger partial charge in [-0.1, -0.05) is 0 Å². The predicted molar refractivity (Wildman–Crippen MR) is 73.0 cm³/mol. The zero-order valence-corrected chi connectivity index (χ0v) is 13.0. The lowest BCUT2D eigenvalue weighted by Gasteiger charge is -2.18. The molecule has 114 valence electrons. The van der Waals surface area contributed by atoms with Crippen LogP contribution >= 0.6 is 0 Å². The summed E-state index contributed by atoms with van der Waals surface area (Å²) in [5, 5.41) is 0. The van der Waals surface area contributed by atoms with Crippen LogP contribution in [0.5, 0.6) is 0 Å². The van der Waals surface area contributed by atoms with Crippen molar-refractivity contribution in [3.8, 4) is 0 Å². The van der Waals surface area contributed by atoms with Gasteiger partial charge in [-0.15, -0.1) is 4.73 Å². The molecule has 0 spiro atoms. The molecule has 1 aromatic heterocycles. The average Bonchev–Trinajstić information content (AvgIpc) is 2.34. The van der Waals surface area contributed by atoms with Gasteiger partial charge in [0.25, 0.3) is 5.56 Å². The molecule has 7 nitrogen and oxygen atoms in total. The molecule has 0 radical (unpaired) electrons. The molecule has 0 aliphatic heterocycles. The SMILES string of the molecule is COCc1c(C)c(COC)c(=O)n(OS(C)(=O)=O)c1C. The second kappa shape index (κ2) is 6.38. The predicted octanol–water partition coefficient (Wildman–Crippen LogP) is 0.146. The molecule has 0 aromatic carbocycles. The Morgan fingerprint density at radius 3 is 2.00 bits per heavy atom. The lowest BCUT2D eigenvalue weighted by atomic mass is 10.0. The first-order valence-corrected chi connectivity index (χ1v) is 7.66. The summed E-state index contributed by atoms with van der Waals surface area (Å²) >= 11 is 0. The zero-order valence-electron chi connectivity index (χ0n) is 12.2. The van der Waals surface area contributed by atoms with E-state index in [1.165, 1.54) is 14.2 Å². The van der Waals surface area contributed by atoms with Crippen LogP contribution in [-0.2, 0) is 32.8 Å². The van der Waals surface area contributed by atoms with Gasteiger partial charge in [0.2, 0.25) is 0 Å². The number of hydrogen-bond donors (Lipinski definition) is 0. The first-order chi connectivity index (χ1) is 9.22. The molecule has 0 atom stereocenters. The van der Waals surface area contributed by atoms with Crippen molar-refractivity contribution in [2.75, 3.05) is 20.5 Å². The molecule has 0 saturated carbocycles. The third kappa shape index (κ3) is 3.59. The van der Waals surface area contributed by atoms with Crippen molar-refractivity contribution in [2.24, 2.45) is 0 Å². The summed E-state index contributed by atoms with van der Waals surface area (Å²) in [6, 6.07) is 0. The van der Waals surface area contributed by atoms with E-state index in [1.54, 1.807) is 13.8 Å². The van der Waals surface area contributed by atoms with Crippen molar-refractivity contribution in [2.45, 2.75) is 27.1 Å². The van der Waals surface area contributed by atoms with Crippen molar-refractivity contribution in [3.05, 3.63) is 32.7 Å². The van der Waals surface area contributed by atoms with Gasteiger partial charge in [0.1, 0.15) is 0 Å². The number of hydrogen-bond acceptors (Lipinski definition) is 6. The van der Waals surface area contributed by atoms with Crippen LogP contribution in [0.3, 0.4) is 0 Å². The van der Waals surface area contributed by atoms with Gasteiger partial charge in [0.05, 0.1) is 25.2 Å². The van der Waals surface area contributed by atoms with Crippen LogP contribution in [0.2, 0.25) is 0 Å². The van der Waals surface area contributed by atoms with E-state index < -0.39 is 15.7 Å². The second-order valence-electron chi connectivity index (χ2n) is 4.41. The molecule has 20 heavy (non-hydrogen) atoms. The Morgan fingerprint density at radius 2 is 1.55 bits per heavy atom. The Bertz CT molecular complexity index is 647. The second-order valence-corrected chi connectivity index (χ2v) is 5.97. The fourth-order valence-corrected chi connectivity index (χ4v) is 2.36. The highest BCUT2D eigenvalue weighted by Gasteiger charge is 2.19. The average molecular weight is 305 g/mol. The van der Waals surface area contributed by atoms with E-state index in [2.05, 4.69) is 0 Å².